The Labute approximate surface area is 119 Å². The molecule has 0 aliphatic rings. The van der Waals surface area contributed by atoms with Crippen molar-refractivity contribution in [2.75, 3.05) is 12.4 Å². The number of rotatable bonds is 4. The lowest BCUT2D eigenvalue weighted by molar-refractivity contribution is 0.0702. The largest absolute Gasteiger partial charge is 0.496 e. The van der Waals surface area contributed by atoms with Crippen LogP contribution in [-0.4, -0.2) is 24.1 Å². The van der Waals surface area contributed by atoms with Gasteiger partial charge >= 0.3 is 5.97 Å². The molecule has 0 aliphatic heterocycles. The minimum absolute atomic E-state index is 0.140. The SMILES string of the molecule is COc1ccc(NC(=O)c2ccc(C(=O)O)s2)cc1C. The van der Waals surface area contributed by atoms with E-state index in [0.717, 1.165) is 22.6 Å². The number of amides is 1. The second-order valence-electron chi connectivity index (χ2n) is 4.11. The van der Waals surface area contributed by atoms with Crippen molar-refractivity contribution in [2.24, 2.45) is 0 Å². The van der Waals surface area contributed by atoms with E-state index in [-0.39, 0.29) is 10.8 Å². The van der Waals surface area contributed by atoms with Crippen LogP contribution in [0.2, 0.25) is 0 Å². The highest BCUT2D eigenvalue weighted by molar-refractivity contribution is 7.15. The third kappa shape index (κ3) is 2.97. The number of hydrogen-bond donors (Lipinski definition) is 2. The van der Waals surface area contributed by atoms with E-state index in [4.69, 9.17) is 9.84 Å². The molecule has 0 saturated heterocycles. The fourth-order valence-corrected chi connectivity index (χ4v) is 2.46. The summed E-state index contributed by atoms with van der Waals surface area (Å²) in [4.78, 5) is 23.3. The number of carbonyl (C=O) groups is 2. The number of aromatic carboxylic acids is 1. The molecule has 0 bridgehead atoms. The van der Waals surface area contributed by atoms with Crippen molar-refractivity contribution in [2.45, 2.75) is 6.92 Å². The second-order valence-corrected chi connectivity index (χ2v) is 5.19. The molecule has 0 aliphatic carbocycles. The van der Waals surface area contributed by atoms with E-state index >= 15 is 0 Å². The maximum absolute atomic E-state index is 12.0. The fraction of sp³-hybridized carbons (Fsp3) is 0.143. The van der Waals surface area contributed by atoms with Crippen LogP contribution in [0.5, 0.6) is 5.75 Å². The zero-order valence-electron chi connectivity index (χ0n) is 11.0. The highest BCUT2D eigenvalue weighted by atomic mass is 32.1. The first-order valence-electron chi connectivity index (χ1n) is 5.80. The number of anilines is 1. The molecule has 1 amide bonds. The summed E-state index contributed by atoms with van der Waals surface area (Å²) in [5, 5.41) is 11.6. The molecule has 1 aromatic carbocycles. The van der Waals surface area contributed by atoms with Crippen molar-refractivity contribution in [1.82, 2.24) is 0 Å². The Morgan fingerprint density at radius 2 is 1.90 bits per heavy atom. The fourth-order valence-electron chi connectivity index (χ4n) is 1.72. The van der Waals surface area contributed by atoms with E-state index in [1.54, 1.807) is 25.3 Å². The van der Waals surface area contributed by atoms with E-state index < -0.39 is 5.97 Å². The zero-order valence-corrected chi connectivity index (χ0v) is 11.8. The Hall–Kier alpha value is -2.34. The van der Waals surface area contributed by atoms with Crippen LogP contribution >= 0.6 is 11.3 Å². The lowest BCUT2D eigenvalue weighted by Crippen LogP contribution is -2.10. The molecule has 0 fully saturated rings. The van der Waals surface area contributed by atoms with Gasteiger partial charge in [0.25, 0.3) is 5.91 Å². The van der Waals surface area contributed by atoms with Crippen molar-refractivity contribution in [3.63, 3.8) is 0 Å². The van der Waals surface area contributed by atoms with Crippen LogP contribution < -0.4 is 10.1 Å². The molecule has 2 rings (SSSR count). The molecule has 0 unspecified atom stereocenters. The molecule has 1 heterocycles. The molecular weight excluding hydrogens is 278 g/mol. The smallest absolute Gasteiger partial charge is 0.345 e. The van der Waals surface area contributed by atoms with Crippen LogP contribution in [-0.2, 0) is 0 Å². The van der Waals surface area contributed by atoms with Crippen LogP contribution in [0.15, 0.2) is 30.3 Å². The highest BCUT2D eigenvalue weighted by Crippen LogP contribution is 2.23. The Balaban J connectivity index is 2.14. The number of nitrogens with one attached hydrogen (secondary N) is 1. The van der Waals surface area contributed by atoms with Crippen molar-refractivity contribution in [1.29, 1.82) is 0 Å². The minimum Gasteiger partial charge on any atom is -0.496 e. The second kappa shape index (κ2) is 5.75. The summed E-state index contributed by atoms with van der Waals surface area (Å²) in [6.07, 6.45) is 0. The van der Waals surface area contributed by atoms with Crippen molar-refractivity contribution >= 4 is 28.9 Å². The van der Waals surface area contributed by atoms with Gasteiger partial charge in [0.05, 0.1) is 12.0 Å². The molecule has 1 aromatic heterocycles. The summed E-state index contributed by atoms with van der Waals surface area (Å²) in [5.41, 5.74) is 1.54. The molecule has 104 valence electrons. The van der Waals surface area contributed by atoms with E-state index in [1.807, 2.05) is 6.92 Å². The predicted molar refractivity (Wildman–Crippen MR) is 77.0 cm³/mol. The quantitative estimate of drug-likeness (QED) is 0.908. The van der Waals surface area contributed by atoms with Gasteiger partial charge in [0.15, 0.2) is 0 Å². The first kappa shape index (κ1) is 14.1. The Kier molecular flexibility index (Phi) is 4.05. The Morgan fingerprint density at radius 1 is 1.20 bits per heavy atom. The number of hydrogen-bond acceptors (Lipinski definition) is 4. The maximum Gasteiger partial charge on any atom is 0.345 e. The van der Waals surface area contributed by atoms with Gasteiger partial charge in [-0.05, 0) is 42.8 Å². The predicted octanol–water partition coefficient (Wildman–Crippen LogP) is 3.02. The van der Waals surface area contributed by atoms with Crippen molar-refractivity contribution < 1.29 is 19.4 Å². The normalized spacial score (nSPS) is 10.1. The van der Waals surface area contributed by atoms with Gasteiger partial charge in [0.1, 0.15) is 10.6 Å². The van der Waals surface area contributed by atoms with Gasteiger partial charge < -0.3 is 15.2 Å². The lowest BCUT2D eigenvalue weighted by atomic mass is 10.2. The molecule has 0 saturated carbocycles. The minimum atomic E-state index is -1.03. The molecule has 2 N–H and O–H groups in total. The first-order valence-corrected chi connectivity index (χ1v) is 6.62. The summed E-state index contributed by atoms with van der Waals surface area (Å²) in [6, 6.07) is 8.21. The van der Waals surface area contributed by atoms with E-state index in [9.17, 15) is 9.59 Å². The zero-order chi connectivity index (χ0) is 14.7. The number of ether oxygens (including phenoxy) is 1. The maximum atomic E-state index is 12.0. The average Bonchev–Trinajstić information content (AvgIpc) is 2.88. The summed E-state index contributed by atoms with van der Waals surface area (Å²) in [7, 11) is 1.58. The summed E-state index contributed by atoms with van der Waals surface area (Å²) >= 11 is 0.944. The number of carboxylic acids is 1. The van der Waals surface area contributed by atoms with Gasteiger partial charge in [-0.15, -0.1) is 11.3 Å². The van der Waals surface area contributed by atoms with Crippen LogP contribution in [0, 0.1) is 6.92 Å². The summed E-state index contributed by atoms with van der Waals surface area (Å²) < 4.78 is 5.14. The summed E-state index contributed by atoms with van der Waals surface area (Å²) in [6.45, 7) is 1.88. The molecule has 2 aromatic rings. The number of benzene rings is 1. The van der Waals surface area contributed by atoms with Crippen LogP contribution in [0.1, 0.15) is 24.9 Å². The molecule has 0 atom stereocenters. The van der Waals surface area contributed by atoms with Gasteiger partial charge in [-0.3, -0.25) is 4.79 Å². The average molecular weight is 291 g/mol. The molecule has 0 spiro atoms. The van der Waals surface area contributed by atoms with Gasteiger partial charge in [0.2, 0.25) is 0 Å². The van der Waals surface area contributed by atoms with Gasteiger partial charge in [-0.2, -0.15) is 0 Å². The van der Waals surface area contributed by atoms with Gasteiger partial charge in [-0.25, -0.2) is 4.79 Å². The first-order chi connectivity index (χ1) is 9.51. The van der Waals surface area contributed by atoms with Crippen LogP contribution in [0.25, 0.3) is 0 Å². The Morgan fingerprint density at radius 3 is 2.45 bits per heavy atom. The molecule has 5 nitrogen and oxygen atoms in total. The van der Waals surface area contributed by atoms with E-state index in [2.05, 4.69) is 5.32 Å². The number of carboxylic acid groups (broad SMARTS) is 1. The van der Waals surface area contributed by atoms with Crippen molar-refractivity contribution in [3.05, 3.63) is 45.6 Å². The molecule has 6 heteroatoms. The molecule has 20 heavy (non-hydrogen) atoms. The highest BCUT2D eigenvalue weighted by Gasteiger charge is 2.13. The number of carbonyl (C=O) groups excluding carboxylic acids is 1. The number of aryl methyl sites for hydroxylation is 1. The van der Waals surface area contributed by atoms with E-state index in [1.165, 1.54) is 12.1 Å². The third-order valence-corrected chi connectivity index (χ3v) is 3.77. The summed E-state index contributed by atoms with van der Waals surface area (Å²) in [5.74, 6) is -0.617. The third-order valence-electron chi connectivity index (χ3n) is 2.69. The topological polar surface area (TPSA) is 75.6 Å². The standard InChI is InChI=1S/C14H13NO4S/c1-8-7-9(3-4-10(8)19-2)15-13(16)11-5-6-12(20-11)14(17)18/h3-7H,1-2H3,(H,15,16)(H,17,18). The van der Waals surface area contributed by atoms with E-state index in [0.29, 0.717) is 10.6 Å². The Bertz CT molecular complexity index is 663. The van der Waals surface area contributed by atoms with Crippen LogP contribution in [0.4, 0.5) is 5.69 Å². The monoisotopic (exact) mass is 291 g/mol. The lowest BCUT2D eigenvalue weighted by Gasteiger charge is -2.08. The number of methoxy groups -OCH3 is 1. The van der Waals surface area contributed by atoms with Crippen LogP contribution in [0.3, 0.4) is 0 Å². The van der Waals surface area contributed by atoms with Gasteiger partial charge in [-0.1, -0.05) is 0 Å². The van der Waals surface area contributed by atoms with Crippen molar-refractivity contribution in [3.8, 4) is 5.75 Å². The number of thiophene rings is 1. The van der Waals surface area contributed by atoms with Gasteiger partial charge in [0, 0.05) is 5.69 Å². The molecule has 0 radical (unpaired) electrons. The molecular formula is C14H13NO4S.